The van der Waals surface area contributed by atoms with Crippen LogP contribution < -0.4 is 5.32 Å². The molecule has 0 aliphatic carbocycles. The number of aromatic nitrogens is 2. The van der Waals surface area contributed by atoms with Crippen LogP contribution in [0.5, 0.6) is 0 Å². The van der Waals surface area contributed by atoms with Gasteiger partial charge >= 0.3 is 12.1 Å². The number of alkyl halides is 3. The predicted octanol–water partition coefficient (Wildman–Crippen LogP) is 3.69. The Hall–Kier alpha value is -2.76. The number of carbonyl (C=O) groups is 2. The van der Waals surface area contributed by atoms with Crippen LogP contribution in [0.2, 0.25) is 5.15 Å². The number of carbonyl (C=O) groups excluding carboxylic acids is 1. The second-order valence-corrected chi connectivity index (χ2v) is 7.88. The fourth-order valence-corrected chi connectivity index (χ4v) is 3.87. The number of thiophene rings is 1. The van der Waals surface area contributed by atoms with Crippen molar-refractivity contribution in [1.82, 2.24) is 20.2 Å². The number of nitrogens with one attached hydrogen (secondary N) is 1. The highest BCUT2D eigenvalue weighted by atomic mass is 35.5. The van der Waals surface area contributed by atoms with Gasteiger partial charge < -0.3 is 15.3 Å². The number of amides is 1. The fourth-order valence-electron chi connectivity index (χ4n) is 2.74. The van der Waals surface area contributed by atoms with E-state index in [0.717, 1.165) is 47.0 Å². The van der Waals surface area contributed by atoms with Crippen LogP contribution in [0.25, 0.3) is 20.8 Å². The quantitative estimate of drug-likeness (QED) is 0.552. The van der Waals surface area contributed by atoms with Crippen molar-refractivity contribution in [2.24, 2.45) is 0 Å². The predicted molar refractivity (Wildman–Crippen MR) is 110 cm³/mol. The molecule has 0 bridgehead atoms. The Labute approximate surface area is 183 Å². The topological polar surface area (TPSA) is 95.4 Å². The van der Waals surface area contributed by atoms with Gasteiger partial charge in [0.15, 0.2) is 0 Å². The van der Waals surface area contributed by atoms with E-state index in [2.05, 4.69) is 15.3 Å². The lowest BCUT2D eigenvalue weighted by molar-refractivity contribution is -0.192. The number of halogens is 4. The summed E-state index contributed by atoms with van der Waals surface area (Å²) >= 11 is 7.55. The molecule has 0 spiro atoms. The van der Waals surface area contributed by atoms with Gasteiger partial charge in [-0.1, -0.05) is 11.6 Å². The molecule has 0 unspecified atom stereocenters. The summed E-state index contributed by atoms with van der Waals surface area (Å²) in [5.41, 5.74) is 2.33. The molecule has 1 amide bonds. The van der Waals surface area contributed by atoms with Gasteiger partial charge in [-0.2, -0.15) is 13.2 Å². The molecular weight excluding hydrogens is 457 g/mol. The molecule has 3 aromatic rings. The van der Waals surface area contributed by atoms with Crippen LogP contribution in [-0.4, -0.2) is 64.2 Å². The third-order valence-electron chi connectivity index (χ3n) is 4.25. The van der Waals surface area contributed by atoms with Crippen molar-refractivity contribution in [2.45, 2.75) is 6.18 Å². The molecule has 0 radical (unpaired) electrons. The third-order valence-corrected chi connectivity index (χ3v) is 5.57. The van der Waals surface area contributed by atoms with Gasteiger partial charge in [-0.3, -0.25) is 9.78 Å². The number of piperazine rings is 1. The highest BCUT2D eigenvalue weighted by molar-refractivity contribution is 7.22. The third kappa shape index (κ3) is 5.90. The van der Waals surface area contributed by atoms with E-state index in [1.807, 2.05) is 29.2 Å². The van der Waals surface area contributed by atoms with Crippen LogP contribution in [0.1, 0.15) is 10.4 Å². The van der Waals surface area contributed by atoms with E-state index in [4.69, 9.17) is 21.5 Å². The molecule has 7 nitrogen and oxygen atoms in total. The zero-order chi connectivity index (χ0) is 22.6. The molecule has 1 saturated heterocycles. The average molecular weight is 473 g/mol. The second kappa shape index (κ2) is 9.58. The van der Waals surface area contributed by atoms with Gasteiger partial charge in [0.1, 0.15) is 5.15 Å². The Kier molecular flexibility index (Phi) is 7.08. The summed E-state index contributed by atoms with van der Waals surface area (Å²) in [4.78, 5) is 33.0. The monoisotopic (exact) mass is 472 g/mol. The zero-order valence-electron chi connectivity index (χ0n) is 15.8. The lowest BCUT2D eigenvalue weighted by atomic mass is 10.2. The molecule has 1 aliphatic heterocycles. The average Bonchev–Trinajstić information content (AvgIpc) is 3.17. The van der Waals surface area contributed by atoms with Gasteiger partial charge in [0.2, 0.25) is 0 Å². The van der Waals surface area contributed by atoms with Crippen LogP contribution in [0.4, 0.5) is 13.2 Å². The second-order valence-electron chi connectivity index (χ2n) is 6.41. The molecule has 2 N–H and O–H groups in total. The molecule has 4 heterocycles. The van der Waals surface area contributed by atoms with Crippen molar-refractivity contribution in [2.75, 3.05) is 26.2 Å². The molecule has 0 saturated carbocycles. The van der Waals surface area contributed by atoms with E-state index in [0.29, 0.717) is 10.7 Å². The van der Waals surface area contributed by atoms with Gasteiger partial charge in [0.25, 0.3) is 5.91 Å². The van der Waals surface area contributed by atoms with Crippen LogP contribution in [0.3, 0.4) is 0 Å². The Bertz CT molecular complexity index is 1080. The maximum Gasteiger partial charge on any atom is 0.490 e. The number of carboxylic acid groups (broad SMARTS) is 1. The molecule has 12 heteroatoms. The lowest BCUT2D eigenvalue weighted by Gasteiger charge is -2.27. The van der Waals surface area contributed by atoms with Crippen LogP contribution in [-0.2, 0) is 4.79 Å². The van der Waals surface area contributed by atoms with Crippen LogP contribution in [0, 0.1) is 0 Å². The van der Waals surface area contributed by atoms with E-state index in [1.54, 1.807) is 23.6 Å². The van der Waals surface area contributed by atoms with Gasteiger partial charge in [-0.15, -0.1) is 11.3 Å². The molecule has 31 heavy (non-hydrogen) atoms. The molecule has 4 rings (SSSR count). The van der Waals surface area contributed by atoms with E-state index in [9.17, 15) is 18.0 Å². The van der Waals surface area contributed by atoms with Crippen molar-refractivity contribution >= 4 is 45.0 Å². The largest absolute Gasteiger partial charge is 0.490 e. The molecule has 1 aliphatic rings. The van der Waals surface area contributed by atoms with Crippen molar-refractivity contribution in [1.29, 1.82) is 0 Å². The first kappa shape index (κ1) is 22.9. The number of hydrogen-bond donors (Lipinski definition) is 2. The van der Waals surface area contributed by atoms with Crippen molar-refractivity contribution in [3.05, 3.63) is 47.2 Å². The summed E-state index contributed by atoms with van der Waals surface area (Å²) in [5.74, 6) is -2.71. The summed E-state index contributed by atoms with van der Waals surface area (Å²) < 4.78 is 32.8. The normalized spacial score (nSPS) is 14.1. The summed E-state index contributed by atoms with van der Waals surface area (Å²) in [7, 11) is 0. The number of rotatable bonds is 2. The molecular formula is C19H16ClF3N4O3S. The minimum Gasteiger partial charge on any atom is -0.475 e. The highest BCUT2D eigenvalue weighted by Gasteiger charge is 2.38. The van der Waals surface area contributed by atoms with Gasteiger partial charge in [-0.05, 0) is 30.3 Å². The van der Waals surface area contributed by atoms with Crippen molar-refractivity contribution in [3.63, 3.8) is 0 Å². The van der Waals surface area contributed by atoms with Crippen LogP contribution >= 0.6 is 22.9 Å². The van der Waals surface area contributed by atoms with Crippen LogP contribution in [0.15, 0.2) is 36.5 Å². The summed E-state index contributed by atoms with van der Waals surface area (Å²) in [6.45, 7) is 3.16. The maximum atomic E-state index is 12.5. The van der Waals surface area contributed by atoms with Crippen molar-refractivity contribution in [3.8, 4) is 10.6 Å². The summed E-state index contributed by atoms with van der Waals surface area (Å²) in [6.07, 6.45) is -3.43. The molecule has 0 atom stereocenters. The van der Waals surface area contributed by atoms with Crippen molar-refractivity contribution < 1.29 is 27.9 Å². The van der Waals surface area contributed by atoms with E-state index >= 15 is 0 Å². The summed E-state index contributed by atoms with van der Waals surface area (Å²) in [5, 5.41) is 10.9. The Morgan fingerprint density at radius 1 is 1.16 bits per heavy atom. The number of hydrogen-bond acceptors (Lipinski definition) is 6. The first-order valence-corrected chi connectivity index (χ1v) is 10.2. The maximum absolute atomic E-state index is 12.5. The highest BCUT2D eigenvalue weighted by Crippen LogP contribution is 2.32. The number of aliphatic carboxylic acids is 1. The SMILES string of the molecule is O=C(O)C(F)(F)F.O=C(c1ccc(-c2cc3nc(Cl)ccc3s2)nc1)N1CCNCC1. The Morgan fingerprint density at radius 3 is 2.42 bits per heavy atom. The van der Waals surface area contributed by atoms with Gasteiger partial charge in [-0.25, -0.2) is 9.78 Å². The first-order chi connectivity index (χ1) is 14.6. The van der Waals surface area contributed by atoms with Gasteiger partial charge in [0.05, 0.1) is 26.4 Å². The zero-order valence-corrected chi connectivity index (χ0v) is 17.4. The van der Waals surface area contributed by atoms with Gasteiger partial charge in [0, 0.05) is 32.4 Å². The molecule has 0 aromatic carbocycles. The summed E-state index contributed by atoms with van der Waals surface area (Å²) in [6, 6.07) is 9.46. The molecule has 164 valence electrons. The minimum absolute atomic E-state index is 0.0420. The fraction of sp³-hybridized carbons (Fsp3) is 0.263. The van der Waals surface area contributed by atoms with E-state index < -0.39 is 12.1 Å². The number of carboxylic acids is 1. The first-order valence-electron chi connectivity index (χ1n) is 8.98. The van der Waals surface area contributed by atoms with E-state index in [-0.39, 0.29) is 5.91 Å². The smallest absolute Gasteiger partial charge is 0.475 e. The Balaban J connectivity index is 0.000000339. The molecule has 3 aromatic heterocycles. The Morgan fingerprint density at radius 2 is 1.84 bits per heavy atom. The number of pyridine rings is 2. The molecule has 1 fully saturated rings. The standard InChI is InChI=1S/C17H15ClN4OS.C2HF3O2/c18-16-4-3-14-13(21-16)9-15(24-14)12-2-1-11(10-20-12)17(23)22-7-5-19-6-8-22;3-2(4,5)1(6)7/h1-4,9-10,19H,5-8H2;(H,6,7). The lowest BCUT2D eigenvalue weighted by Crippen LogP contribution is -2.46. The number of fused-ring (bicyclic) bond motifs is 1. The van der Waals surface area contributed by atoms with E-state index in [1.165, 1.54) is 0 Å². The minimum atomic E-state index is -5.08. The number of nitrogens with zero attached hydrogens (tertiary/aromatic N) is 3.